The molecule has 2 fully saturated rings. The van der Waals surface area contributed by atoms with Crippen LogP contribution in [0, 0.1) is 19.3 Å². The van der Waals surface area contributed by atoms with Crippen molar-refractivity contribution in [3.63, 3.8) is 0 Å². The van der Waals surface area contributed by atoms with E-state index in [2.05, 4.69) is 432 Å². The number of rotatable bonds is 5. The Kier molecular flexibility index (Phi) is 20.2. The standard InChI is InChI=1S/C67H70BN3O.C53H52BClN2O.C15H20/c1-41-35-56-61-57(36-41)70(53-22-18-24-59-60(53)44-19-12-15-23-58(44)72-59)54-38-43(71-52-21-14-13-20-46(52)66(10)29-16-17-30-67(66,71)11)26-28-50(54)68(61)51-39-48-49(65(8,9)34-33-64(48,6)7)40-55(51)69(56)42-25-27-45-47(37-42)63(4,5)32-31-62(45,2)3;1-31-25-44-49-45(26-31)57(41-14-12-16-47-48(41)34-13-10-11-15-46(34)58-47)42-27-32(55)17-20-39(42)54(49)40-29-37-38(53(8,9)24-23-52(37,6)7)30-43(40)56(44)33-18-19-35-36(28-33)51(4,5)22-21-50(35,2)3;1-14-9-5-6-10-15(14,2)13-8-4-3-7-12(13)11-14/h12-15,18-28,35-40H,16-17,29-34H2,1-11H3;10-20,25-30H,21-24H2,1-9H3;3-4,7-8H,5-6,9-11H2,1-2H3. The van der Waals surface area contributed by atoms with Crippen molar-refractivity contribution in [3.8, 4) is 0 Å². The van der Waals surface area contributed by atoms with Crippen molar-refractivity contribution in [2.45, 2.75) is 321 Å². The molecule has 0 amide bonds. The summed E-state index contributed by atoms with van der Waals surface area (Å²) < 4.78 is 13.2. The van der Waals surface area contributed by atoms with Crippen LogP contribution in [0.15, 0.2) is 264 Å². The average molecular weight is 1920 g/mol. The summed E-state index contributed by atoms with van der Waals surface area (Å²) in [4.78, 5) is 13.2. The number of benzene rings is 14. The summed E-state index contributed by atoms with van der Waals surface area (Å²) in [5.74, 6) is 0. The molecule has 0 N–H and O–H groups in total. The lowest BCUT2D eigenvalue weighted by atomic mass is 9.33. The lowest BCUT2D eigenvalue weighted by Crippen LogP contribution is -2.62. The maximum Gasteiger partial charge on any atom is 0.252 e. The van der Waals surface area contributed by atoms with Crippen molar-refractivity contribution in [1.82, 2.24) is 0 Å². The van der Waals surface area contributed by atoms with Gasteiger partial charge in [0.2, 0.25) is 0 Å². The third-order valence-electron chi connectivity index (χ3n) is 40.2. The van der Waals surface area contributed by atoms with Crippen LogP contribution in [-0.4, -0.2) is 19.0 Å². The first-order valence-electron chi connectivity index (χ1n) is 54.9. The molecular weight excluding hydrogens is 1780 g/mol. The molecule has 16 aromatic rings. The summed E-state index contributed by atoms with van der Waals surface area (Å²) in [6.45, 7) is 54.1. The summed E-state index contributed by atoms with van der Waals surface area (Å²) in [5.41, 5.74) is 49.8. The second-order valence-electron chi connectivity index (χ2n) is 52.6. The Morgan fingerprint density at radius 1 is 0.255 bits per heavy atom. The second kappa shape index (κ2) is 31.6. The van der Waals surface area contributed by atoms with Gasteiger partial charge in [-0.1, -0.05) is 296 Å². The smallest absolute Gasteiger partial charge is 0.252 e. The Morgan fingerprint density at radius 2 is 0.621 bits per heavy atom. The van der Waals surface area contributed by atoms with Gasteiger partial charge in [-0.2, -0.15) is 0 Å². The minimum absolute atomic E-state index is 0.00276. The zero-order chi connectivity index (χ0) is 100. The Morgan fingerprint density at radius 3 is 1.11 bits per heavy atom. The normalized spacial score (nSPS) is 23.3. The van der Waals surface area contributed by atoms with Gasteiger partial charge in [0.05, 0.1) is 27.7 Å². The predicted octanol–water partition coefficient (Wildman–Crippen LogP) is 33.8. The van der Waals surface area contributed by atoms with Gasteiger partial charge in [0.15, 0.2) is 0 Å². The average Bonchev–Trinajstić information content (AvgIpc) is 1.07. The molecule has 7 aliphatic carbocycles. The number of aryl methyl sites for hydroxylation is 2. The van der Waals surface area contributed by atoms with Crippen molar-refractivity contribution in [2.75, 3.05) is 24.5 Å². The lowest BCUT2D eigenvalue weighted by Gasteiger charge is -2.51. The van der Waals surface area contributed by atoms with Gasteiger partial charge in [0.1, 0.15) is 22.3 Å². The van der Waals surface area contributed by atoms with Gasteiger partial charge >= 0.3 is 0 Å². The van der Waals surface area contributed by atoms with Gasteiger partial charge in [-0.15, -0.1) is 0 Å². The number of hydrogen-bond acceptors (Lipinski definition) is 7. The predicted molar refractivity (Wildman–Crippen MR) is 618 cm³/mol. The van der Waals surface area contributed by atoms with Gasteiger partial charge in [-0.05, 0) is 391 Å². The maximum absolute atomic E-state index is 7.03. The highest BCUT2D eigenvalue weighted by atomic mass is 35.5. The fourth-order valence-corrected chi connectivity index (χ4v) is 31.1. The van der Waals surface area contributed by atoms with E-state index in [9.17, 15) is 0 Å². The molecule has 4 unspecified atom stereocenters. The molecule has 145 heavy (non-hydrogen) atoms. The van der Waals surface area contributed by atoms with Gasteiger partial charge in [-0.3, -0.25) is 0 Å². The van der Waals surface area contributed by atoms with Crippen LogP contribution >= 0.6 is 11.6 Å². The van der Waals surface area contributed by atoms with Gasteiger partial charge < -0.3 is 33.3 Å². The maximum atomic E-state index is 7.03. The summed E-state index contributed by atoms with van der Waals surface area (Å²) in [6, 6.07) is 98.3. The third-order valence-corrected chi connectivity index (χ3v) is 40.4. The van der Waals surface area contributed by atoms with Crippen LogP contribution in [0.3, 0.4) is 0 Å². The van der Waals surface area contributed by atoms with E-state index in [1.165, 1.54) is 259 Å². The van der Waals surface area contributed by atoms with E-state index in [1.54, 1.807) is 11.1 Å². The summed E-state index contributed by atoms with van der Waals surface area (Å²) >= 11 is 7.03. The second-order valence-corrected chi connectivity index (χ2v) is 53.1. The molecule has 4 atom stereocenters. The molecule has 28 rings (SSSR count). The number of anilines is 14. The molecule has 2 aromatic heterocycles. The molecule has 14 aromatic carbocycles. The minimum atomic E-state index is -0.0703. The molecule has 7 heterocycles. The first-order valence-corrected chi connectivity index (χ1v) is 55.3. The number of para-hydroxylation sites is 3. The fourth-order valence-electron chi connectivity index (χ4n) is 30.9. The first kappa shape index (κ1) is 92.9. The van der Waals surface area contributed by atoms with Crippen LogP contribution in [0.1, 0.15) is 314 Å². The van der Waals surface area contributed by atoms with E-state index in [0.29, 0.717) is 10.8 Å². The van der Waals surface area contributed by atoms with Crippen molar-refractivity contribution in [2.24, 2.45) is 5.41 Å². The SMILES string of the molecule is CC12CCCCC1(C)c1ccccc1C2.Cc1cc2c3c(c1)N(c1cccc4oc5ccccc5c14)c1cc(Cl)ccc1B3c1cc3c(cc1N2c1ccc2c(c1)C(C)(C)CCC2(C)C)C(C)(C)CCC3(C)C.Cc1cc2c3c(c1)N(c1cccc4oc5ccccc5c14)c1cc(N4c5ccccc5C5(C)CCCCC45C)ccc1B3c1cc3c(cc1N2c1ccc2c(c1)C(C)(C)CCC2(C)C)C(C)(C)CCC3(C)C. The molecule has 10 heteroatoms. The number of nitrogens with zero attached hydrogens (tertiary/aromatic N) is 5. The monoisotopic (exact) mass is 1920 g/mol. The lowest BCUT2D eigenvalue weighted by molar-refractivity contribution is 0.110. The molecule has 12 aliphatic rings. The highest BCUT2D eigenvalue weighted by Gasteiger charge is 2.60. The van der Waals surface area contributed by atoms with Crippen molar-refractivity contribution < 1.29 is 8.83 Å². The molecule has 2 saturated carbocycles. The van der Waals surface area contributed by atoms with Crippen LogP contribution in [0.2, 0.25) is 5.02 Å². The molecule has 0 radical (unpaired) electrons. The Labute approximate surface area is 867 Å². The molecule has 5 aliphatic heterocycles. The molecule has 732 valence electrons. The Hall–Kier alpha value is -11.9. The largest absolute Gasteiger partial charge is 0.456 e. The number of fused-ring (bicyclic) bond motifs is 24. The molecule has 7 nitrogen and oxygen atoms in total. The molecule has 0 bridgehead atoms. The minimum Gasteiger partial charge on any atom is -0.456 e. The van der Waals surface area contributed by atoms with Gasteiger partial charge in [0, 0.05) is 89.5 Å². The van der Waals surface area contributed by atoms with Crippen LogP contribution in [0.4, 0.5) is 79.6 Å². The highest BCUT2D eigenvalue weighted by molar-refractivity contribution is 7.01. The van der Waals surface area contributed by atoms with E-state index in [4.69, 9.17) is 20.4 Å². The van der Waals surface area contributed by atoms with E-state index in [0.717, 1.165) is 72.4 Å². The number of halogens is 1. The third kappa shape index (κ3) is 13.5. The van der Waals surface area contributed by atoms with E-state index < -0.39 is 0 Å². The number of hydrogen-bond donors (Lipinski definition) is 0. The summed E-state index contributed by atoms with van der Waals surface area (Å²) in [6.07, 6.45) is 21.2. The van der Waals surface area contributed by atoms with Crippen molar-refractivity contribution in [1.29, 1.82) is 0 Å². The van der Waals surface area contributed by atoms with E-state index in [1.807, 2.05) is 0 Å². The zero-order valence-corrected chi connectivity index (χ0v) is 90.6. The molecular formula is C135H142B2ClN5O2. The highest BCUT2D eigenvalue weighted by Crippen LogP contribution is 2.65. The van der Waals surface area contributed by atoms with Crippen LogP contribution < -0.4 is 57.3 Å². The summed E-state index contributed by atoms with van der Waals surface area (Å²) in [7, 11) is 0. The van der Waals surface area contributed by atoms with E-state index >= 15 is 0 Å². The fraction of sp³-hybridized carbons (Fsp3) is 0.378. The van der Waals surface area contributed by atoms with Crippen molar-refractivity contribution >= 4 is 181 Å². The Balaban J connectivity index is 0.000000131. The van der Waals surface area contributed by atoms with E-state index in [-0.39, 0.29) is 67.7 Å². The Bertz CT molecular complexity index is 8210. The number of furan rings is 2. The van der Waals surface area contributed by atoms with Crippen LogP contribution in [0.5, 0.6) is 0 Å². The summed E-state index contributed by atoms with van der Waals surface area (Å²) in [5, 5.41) is 5.26. The van der Waals surface area contributed by atoms with Gasteiger partial charge in [0.25, 0.3) is 13.4 Å². The first-order chi connectivity index (χ1) is 69.0. The molecule has 0 saturated heterocycles. The van der Waals surface area contributed by atoms with Gasteiger partial charge in [-0.25, -0.2) is 0 Å². The topological polar surface area (TPSA) is 42.5 Å². The zero-order valence-electron chi connectivity index (χ0n) is 89.9. The molecule has 0 spiro atoms. The quantitative estimate of drug-likeness (QED) is 0.159. The van der Waals surface area contributed by atoms with Crippen LogP contribution in [-0.2, 0) is 60.6 Å². The van der Waals surface area contributed by atoms with Crippen LogP contribution in [0.25, 0.3) is 43.9 Å². The van der Waals surface area contributed by atoms with Crippen molar-refractivity contribution in [3.05, 3.63) is 332 Å².